The second-order valence-corrected chi connectivity index (χ2v) is 4.10. The third-order valence-electron chi connectivity index (χ3n) is 2.80. The lowest BCUT2D eigenvalue weighted by atomic mass is 9.70. The number of aliphatic hydroxyl groups is 1. The van der Waals surface area contributed by atoms with Crippen molar-refractivity contribution in [1.82, 2.24) is 4.98 Å². The number of nitrogens with zero attached hydrogens (tertiary/aromatic N) is 1. The Hall–Kier alpha value is -1.09. The molecule has 0 amide bonds. The summed E-state index contributed by atoms with van der Waals surface area (Å²) < 4.78 is 5.18. The van der Waals surface area contributed by atoms with Crippen molar-refractivity contribution in [2.45, 2.75) is 25.4 Å². The number of rotatable bonds is 2. The quantitative estimate of drug-likeness (QED) is 0.777. The molecule has 3 heteroatoms. The lowest BCUT2D eigenvalue weighted by molar-refractivity contribution is -0.0787. The molecular weight excluding hydrogens is 178 g/mol. The number of ether oxygens (including phenoxy) is 1. The van der Waals surface area contributed by atoms with E-state index in [4.69, 9.17) is 4.74 Å². The van der Waals surface area contributed by atoms with Crippen molar-refractivity contribution in [3.8, 4) is 5.75 Å². The van der Waals surface area contributed by atoms with Crippen LogP contribution in [0.3, 0.4) is 0 Å². The van der Waals surface area contributed by atoms with E-state index in [9.17, 15) is 5.11 Å². The van der Waals surface area contributed by atoms with E-state index in [1.165, 1.54) is 0 Å². The highest BCUT2D eigenvalue weighted by Gasteiger charge is 2.44. The summed E-state index contributed by atoms with van der Waals surface area (Å²) in [5.74, 6) is 1.26. The zero-order valence-corrected chi connectivity index (χ0v) is 8.53. The Bertz CT molecular complexity index is 332. The SMILES string of the molecule is COc1cccnc1C1(O)CC(C)C1. The van der Waals surface area contributed by atoms with Crippen molar-refractivity contribution < 1.29 is 9.84 Å². The van der Waals surface area contributed by atoms with Crippen molar-refractivity contribution in [3.05, 3.63) is 24.0 Å². The zero-order valence-electron chi connectivity index (χ0n) is 8.53. The van der Waals surface area contributed by atoms with E-state index in [1.54, 1.807) is 13.3 Å². The standard InChI is InChI=1S/C11H15NO2/c1-8-6-11(13,7-8)10-9(14-2)4-3-5-12-10/h3-5,8,13H,6-7H2,1-2H3. The van der Waals surface area contributed by atoms with Gasteiger partial charge >= 0.3 is 0 Å². The van der Waals surface area contributed by atoms with Gasteiger partial charge in [-0.05, 0) is 30.9 Å². The molecule has 0 spiro atoms. The second kappa shape index (κ2) is 3.24. The van der Waals surface area contributed by atoms with Crippen LogP contribution in [0.5, 0.6) is 5.75 Å². The van der Waals surface area contributed by atoms with Crippen LogP contribution in [-0.4, -0.2) is 17.2 Å². The molecule has 0 aliphatic heterocycles. The maximum Gasteiger partial charge on any atom is 0.143 e. The minimum Gasteiger partial charge on any atom is -0.495 e. The van der Waals surface area contributed by atoms with Crippen LogP contribution < -0.4 is 4.74 Å². The monoisotopic (exact) mass is 193 g/mol. The molecule has 1 fully saturated rings. The third kappa shape index (κ3) is 1.38. The molecule has 1 N–H and O–H groups in total. The van der Waals surface area contributed by atoms with Crippen LogP contribution in [0, 0.1) is 5.92 Å². The number of pyridine rings is 1. The minimum atomic E-state index is -0.758. The van der Waals surface area contributed by atoms with Gasteiger partial charge in [0.2, 0.25) is 0 Å². The summed E-state index contributed by atoms with van der Waals surface area (Å²) in [6, 6.07) is 3.65. The number of methoxy groups -OCH3 is 1. The maximum atomic E-state index is 10.2. The molecule has 1 heterocycles. The van der Waals surface area contributed by atoms with Crippen molar-refractivity contribution in [2.75, 3.05) is 7.11 Å². The first-order valence-electron chi connectivity index (χ1n) is 4.87. The van der Waals surface area contributed by atoms with Gasteiger partial charge in [-0.25, -0.2) is 0 Å². The van der Waals surface area contributed by atoms with Gasteiger partial charge in [0.05, 0.1) is 7.11 Å². The van der Waals surface area contributed by atoms with Crippen LogP contribution in [0.2, 0.25) is 0 Å². The topological polar surface area (TPSA) is 42.4 Å². The molecule has 0 bridgehead atoms. The van der Waals surface area contributed by atoms with Gasteiger partial charge in [0.1, 0.15) is 17.0 Å². The first-order chi connectivity index (χ1) is 6.65. The number of hydrogen-bond acceptors (Lipinski definition) is 3. The molecule has 1 aromatic heterocycles. The third-order valence-corrected chi connectivity index (χ3v) is 2.80. The lowest BCUT2D eigenvalue weighted by Crippen LogP contribution is -2.40. The van der Waals surface area contributed by atoms with E-state index in [-0.39, 0.29) is 0 Å². The molecule has 0 unspecified atom stereocenters. The molecule has 0 saturated heterocycles. The van der Waals surface area contributed by atoms with Crippen molar-refractivity contribution in [3.63, 3.8) is 0 Å². The highest BCUT2D eigenvalue weighted by molar-refractivity contribution is 5.33. The summed E-state index contributed by atoms with van der Waals surface area (Å²) in [6.45, 7) is 2.13. The first-order valence-corrected chi connectivity index (χ1v) is 4.87. The molecule has 0 radical (unpaired) electrons. The summed E-state index contributed by atoms with van der Waals surface area (Å²) in [4.78, 5) is 4.20. The predicted molar refractivity (Wildman–Crippen MR) is 53.1 cm³/mol. The van der Waals surface area contributed by atoms with Crippen LogP contribution in [0.4, 0.5) is 0 Å². The van der Waals surface area contributed by atoms with Gasteiger partial charge in [-0.2, -0.15) is 0 Å². The summed E-state index contributed by atoms with van der Waals surface area (Å²) in [6.07, 6.45) is 3.25. The maximum absolute atomic E-state index is 10.2. The van der Waals surface area contributed by atoms with E-state index in [0.717, 1.165) is 12.8 Å². The van der Waals surface area contributed by atoms with Gasteiger partial charge in [-0.15, -0.1) is 0 Å². The van der Waals surface area contributed by atoms with Crippen LogP contribution >= 0.6 is 0 Å². The molecular formula is C11H15NO2. The summed E-state index contributed by atoms with van der Waals surface area (Å²) in [5.41, 5.74) is -0.0768. The van der Waals surface area contributed by atoms with Crippen molar-refractivity contribution >= 4 is 0 Å². The molecule has 2 rings (SSSR count). The highest BCUT2D eigenvalue weighted by Crippen LogP contribution is 2.46. The fourth-order valence-corrected chi connectivity index (χ4v) is 2.19. The van der Waals surface area contributed by atoms with Crippen LogP contribution in [0.25, 0.3) is 0 Å². The van der Waals surface area contributed by atoms with Gasteiger partial charge in [0, 0.05) is 6.20 Å². The zero-order chi connectivity index (χ0) is 10.2. The van der Waals surface area contributed by atoms with Gasteiger partial charge < -0.3 is 9.84 Å². The van der Waals surface area contributed by atoms with E-state index in [0.29, 0.717) is 17.4 Å². The molecule has 3 nitrogen and oxygen atoms in total. The van der Waals surface area contributed by atoms with Gasteiger partial charge in [0.25, 0.3) is 0 Å². The molecule has 0 atom stereocenters. The Kier molecular flexibility index (Phi) is 2.19. The Labute approximate surface area is 83.7 Å². The Morgan fingerprint density at radius 2 is 2.29 bits per heavy atom. The second-order valence-electron chi connectivity index (χ2n) is 4.10. The fourth-order valence-electron chi connectivity index (χ4n) is 2.19. The number of hydrogen-bond donors (Lipinski definition) is 1. The summed E-state index contributed by atoms with van der Waals surface area (Å²) in [7, 11) is 1.60. The molecule has 1 saturated carbocycles. The molecule has 1 aromatic rings. The van der Waals surface area contributed by atoms with E-state index in [1.807, 2.05) is 12.1 Å². The summed E-state index contributed by atoms with van der Waals surface area (Å²) in [5, 5.41) is 10.2. The van der Waals surface area contributed by atoms with Gasteiger partial charge in [-0.1, -0.05) is 6.92 Å². The van der Waals surface area contributed by atoms with Crippen LogP contribution in [-0.2, 0) is 5.60 Å². The Morgan fingerprint density at radius 1 is 1.57 bits per heavy atom. The van der Waals surface area contributed by atoms with E-state index in [2.05, 4.69) is 11.9 Å². The number of aromatic nitrogens is 1. The Balaban J connectivity index is 2.32. The molecule has 14 heavy (non-hydrogen) atoms. The van der Waals surface area contributed by atoms with Crippen LogP contribution in [0.1, 0.15) is 25.5 Å². The average molecular weight is 193 g/mol. The van der Waals surface area contributed by atoms with Gasteiger partial charge in [-0.3, -0.25) is 4.98 Å². The summed E-state index contributed by atoms with van der Waals surface area (Å²) >= 11 is 0. The molecule has 1 aliphatic rings. The van der Waals surface area contributed by atoms with Crippen molar-refractivity contribution in [1.29, 1.82) is 0 Å². The lowest BCUT2D eigenvalue weighted by Gasteiger charge is -2.41. The normalized spacial score (nSPS) is 30.9. The molecule has 1 aliphatic carbocycles. The predicted octanol–water partition coefficient (Wildman–Crippen LogP) is 1.71. The highest BCUT2D eigenvalue weighted by atomic mass is 16.5. The largest absolute Gasteiger partial charge is 0.495 e. The fraction of sp³-hybridized carbons (Fsp3) is 0.545. The average Bonchev–Trinajstić information content (AvgIpc) is 2.15. The smallest absolute Gasteiger partial charge is 0.143 e. The molecule has 76 valence electrons. The molecule has 0 aromatic carbocycles. The van der Waals surface area contributed by atoms with E-state index >= 15 is 0 Å². The van der Waals surface area contributed by atoms with Crippen molar-refractivity contribution in [2.24, 2.45) is 5.92 Å². The Morgan fingerprint density at radius 3 is 2.86 bits per heavy atom. The van der Waals surface area contributed by atoms with E-state index < -0.39 is 5.60 Å². The minimum absolute atomic E-state index is 0.576. The van der Waals surface area contributed by atoms with Gasteiger partial charge in [0.15, 0.2) is 0 Å². The first kappa shape index (κ1) is 9.46. The van der Waals surface area contributed by atoms with Crippen LogP contribution in [0.15, 0.2) is 18.3 Å².